The van der Waals surface area contributed by atoms with Crippen molar-refractivity contribution < 1.29 is 9.18 Å². The van der Waals surface area contributed by atoms with Gasteiger partial charge in [-0.25, -0.2) is 14.2 Å². The summed E-state index contributed by atoms with van der Waals surface area (Å²) < 4.78 is 16.0. The maximum atomic E-state index is 13.9. The molecule has 1 saturated heterocycles. The average Bonchev–Trinajstić information content (AvgIpc) is 2.98. The molecular weight excluding hydrogens is 381 g/mol. The third-order valence-corrected chi connectivity index (χ3v) is 5.12. The second-order valence-electron chi connectivity index (χ2n) is 6.86. The minimum Gasteiger partial charge on any atom is -0.328 e. The van der Waals surface area contributed by atoms with Crippen LogP contribution in [0.1, 0.15) is 23.0 Å². The molecular formula is C20H19ClFN5O. The van der Waals surface area contributed by atoms with Crippen LogP contribution in [0, 0.1) is 12.7 Å². The first kappa shape index (κ1) is 18.4. The summed E-state index contributed by atoms with van der Waals surface area (Å²) in [6.07, 6.45) is 5.39. The number of hydrogen-bond donors (Lipinski definition) is 1. The van der Waals surface area contributed by atoms with Crippen LogP contribution < -0.4 is 5.32 Å². The predicted molar refractivity (Wildman–Crippen MR) is 105 cm³/mol. The fourth-order valence-corrected chi connectivity index (χ4v) is 3.43. The summed E-state index contributed by atoms with van der Waals surface area (Å²) in [6.45, 7) is 3.80. The second-order valence-corrected chi connectivity index (χ2v) is 7.29. The number of carbonyl (C=O) groups excluding carboxylic acids is 1. The Hall–Kier alpha value is -2.93. The highest BCUT2D eigenvalue weighted by Gasteiger charge is 2.35. The molecule has 0 saturated carbocycles. The van der Waals surface area contributed by atoms with Crippen LogP contribution in [0.3, 0.4) is 0 Å². The fraction of sp³-hybridized carbons (Fsp3) is 0.250. The van der Waals surface area contributed by atoms with Crippen molar-refractivity contribution >= 4 is 23.3 Å². The lowest BCUT2D eigenvalue weighted by Gasteiger charge is -2.39. The smallest absolute Gasteiger partial charge is 0.321 e. The SMILES string of the molecule is Cc1cnc(C2CN(C(=O)Nc3ccc(Cl)cc3F)C2)n1Cc1ccncc1. The van der Waals surface area contributed by atoms with Gasteiger partial charge in [-0.1, -0.05) is 11.6 Å². The van der Waals surface area contributed by atoms with E-state index in [4.69, 9.17) is 11.6 Å². The van der Waals surface area contributed by atoms with E-state index in [0.717, 1.165) is 17.1 Å². The zero-order valence-corrected chi connectivity index (χ0v) is 16.0. The number of nitrogens with zero attached hydrogens (tertiary/aromatic N) is 4. The molecule has 144 valence electrons. The molecule has 6 nitrogen and oxygen atoms in total. The normalized spacial score (nSPS) is 14.0. The van der Waals surface area contributed by atoms with Gasteiger partial charge in [-0.3, -0.25) is 4.98 Å². The summed E-state index contributed by atoms with van der Waals surface area (Å²) >= 11 is 5.74. The number of benzene rings is 1. The Morgan fingerprint density at radius 3 is 2.75 bits per heavy atom. The molecule has 2 amide bonds. The quantitative estimate of drug-likeness (QED) is 0.719. The van der Waals surface area contributed by atoms with Gasteiger partial charge in [0.25, 0.3) is 0 Å². The van der Waals surface area contributed by atoms with Crippen molar-refractivity contribution in [2.24, 2.45) is 0 Å². The first-order valence-electron chi connectivity index (χ1n) is 8.93. The highest BCUT2D eigenvalue weighted by molar-refractivity contribution is 6.30. The molecule has 4 rings (SSSR count). The Morgan fingerprint density at radius 2 is 2.04 bits per heavy atom. The number of nitrogens with one attached hydrogen (secondary N) is 1. The number of carbonyl (C=O) groups is 1. The van der Waals surface area contributed by atoms with Crippen LogP contribution in [-0.2, 0) is 6.54 Å². The van der Waals surface area contributed by atoms with E-state index < -0.39 is 5.82 Å². The van der Waals surface area contributed by atoms with Gasteiger partial charge in [0.2, 0.25) is 0 Å². The van der Waals surface area contributed by atoms with Gasteiger partial charge in [-0.2, -0.15) is 0 Å². The van der Waals surface area contributed by atoms with Crippen LogP contribution in [0.25, 0.3) is 0 Å². The number of urea groups is 1. The number of halogens is 2. The Kier molecular flexibility index (Phi) is 5.00. The molecule has 1 fully saturated rings. The van der Waals surface area contributed by atoms with E-state index in [0.29, 0.717) is 19.6 Å². The maximum Gasteiger partial charge on any atom is 0.321 e. The average molecular weight is 400 g/mol. The van der Waals surface area contributed by atoms with Gasteiger partial charge in [0, 0.05) is 48.9 Å². The van der Waals surface area contributed by atoms with Crippen molar-refractivity contribution in [1.82, 2.24) is 19.4 Å². The topological polar surface area (TPSA) is 63.1 Å². The van der Waals surface area contributed by atoms with E-state index in [1.54, 1.807) is 17.3 Å². The van der Waals surface area contributed by atoms with Crippen LogP contribution in [0.15, 0.2) is 48.9 Å². The van der Waals surface area contributed by atoms with E-state index >= 15 is 0 Å². The Bertz CT molecular complexity index is 1000. The summed E-state index contributed by atoms with van der Waals surface area (Å²) in [5.74, 6) is 0.550. The zero-order valence-electron chi connectivity index (χ0n) is 15.3. The number of anilines is 1. The van der Waals surface area contributed by atoms with Crippen molar-refractivity contribution in [2.45, 2.75) is 19.4 Å². The first-order valence-corrected chi connectivity index (χ1v) is 9.31. The molecule has 0 radical (unpaired) electrons. The number of aryl methyl sites for hydroxylation is 1. The number of aromatic nitrogens is 3. The summed E-state index contributed by atoms with van der Waals surface area (Å²) in [5.41, 5.74) is 2.33. The molecule has 0 unspecified atom stereocenters. The van der Waals surface area contributed by atoms with Crippen molar-refractivity contribution in [3.63, 3.8) is 0 Å². The van der Waals surface area contributed by atoms with Gasteiger partial charge in [-0.15, -0.1) is 0 Å². The molecule has 1 aliphatic heterocycles. The Morgan fingerprint density at radius 1 is 1.29 bits per heavy atom. The third-order valence-electron chi connectivity index (χ3n) is 4.88. The molecule has 1 N–H and O–H groups in total. The maximum absolute atomic E-state index is 13.9. The number of likely N-dealkylation sites (tertiary alicyclic amines) is 1. The Balaban J connectivity index is 1.41. The number of hydrogen-bond acceptors (Lipinski definition) is 3. The van der Waals surface area contributed by atoms with Gasteiger partial charge in [-0.05, 0) is 42.8 Å². The first-order chi connectivity index (χ1) is 13.5. The van der Waals surface area contributed by atoms with Gasteiger partial charge >= 0.3 is 6.03 Å². The molecule has 0 aliphatic carbocycles. The largest absolute Gasteiger partial charge is 0.328 e. The summed E-state index contributed by atoms with van der Waals surface area (Å²) in [6, 6.07) is 7.79. The van der Waals surface area contributed by atoms with E-state index in [-0.39, 0.29) is 22.7 Å². The van der Waals surface area contributed by atoms with Crippen LogP contribution in [0.2, 0.25) is 5.02 Å². The van der Waals surface area contributed by atoms with Crippen LogP contribution in [-0.4, -0.2) is 38.6 Å². The van der Waals surface area contributed by atoms with Crippen LogP contribution >= 0.6 is 11.6 Å². The molecule has 1 aromatic carbocycles. The fourth-order valence-electron chi connectivity index (χ4n) is 3.27. The van der Waals surface area contributed by atoms with Crippen LogP contribution in [0.4, 0.5) is 14.9 Å². The van der Waals surface area contributed by atoms with Crippen molar-refractivity contribution in [3.05, 3.63) is 76.8 Å². The molecule has 28 heavy (non-hydrogen) atoms. The van der Waals surface area contributed by atoms with Crippen molar-refractivity contribution in [2.75, 3.05) is 18.4 Å². The monoisotopic (exact) mass is 399 g/mol. The standard InChI is InChI=1S/C20H19ClFN5O/c1-13-9-24-19(27(13)10-14-4-6-23-7-5-14)15-11-26(12-15)20(28)25-18-3-2-16(21)8-17(18)22/h2-9,15H,10-12H2,1H3,(H,25,28). The molecule has 2 aromatic heterocycles. The van der Waals surface area contributed by atoms with Gasteiger partial charge in [0.1, 0.15) is 11.6 Å². The molecule has 0 spiro atoms. The zero-order chi connectivity index (χ0) is 19.7. The Labute approximate surface area is 167 Å². The summed E-state index contributed by atoms with van der Waals surface area (Å²) in [4.78, 5) is 22.6. The number of amides is 2. The number of rotatable bonds is 4. The lowest BCUT2D eigenvalue weighted by atomic mass is 9.99. The van der Waals surface area contributed by atoms with E-state index in [1.165, 1.54) is 18.2 Å². The van der Waals surface area contributed by atoms with Gasteiger partial charge in [0.05, 0.1) is 11.6 Å². The number of imidazole rings is 1. The second kappa shape index (κ2) is 7.59. The summed E-state index contributed by atoms with van der Waals surface area (Å²) in [7, 11) is 0. The highest BCUT2D eigenvalue weighted by Crippen LogP contribution is 2.28. The molecule has 0 atom stereocenters. The third kappa shape index (κ3) is 3.71. The van der Waals surface area contributed by atoms with Gasteiger partial charge < -0.3 is 14.8 Å². The molecule has 8 heteroatoms. The molecule has 3 aromatic rings. The molecule has 1 aliphatic rings. The lowest BCUT2D eigenvalue weighted by Crippen LogP contribution is -2.51. The molecule has 3 heterocycles. The minimum absolute atomic E-state index is 0.118. The van der Waals surface area contributed by atoms with Crippen LogP contribution in [0.5, 0.6) is 0 Å². The van der Waals surface area contributed by atoms with Crippen molar-refractivity contribution in [1.29, 1.82) is 0 Å². The lowest BCUT2D eigenvalue weighted by molar-refractivity contribution is 0.159. The minimum atomic E-state index is -0.554. The summed E-state index contributed by atoms with van der Waals surface area (Å²) in [5, 5.41) is 2.88. The van der Waals surface area contributed by atoms with Crippen molar-refractivity contribution in [3.8, 4) is 0 Å². The van der Waals surface area contributed by atoms with Gasteiger partial charge in [0.15, 0.2) is 0 Å². The van der Waals surface area contributed by atoms with E-state index in [2.05, 4.69) is 19.9 Å². The van der Waals surface area contributed by atoms with E-state index in [9.17, 15) is 9.18 Å². The van der Waals surface area contributed by atoms with E-state index in [1.807, 2.05) is 25.3 Å². The number of pyridine rings is 1. The highest BCUT2D eigenvalue weighted by atomic mass is 35.5. The predicted octanol–water partition coefficient (Wildman–Crippen LogP) is 4.06. The molecule has 0 bridgehead atoms.